The first-order chi connectivity index (χ1) is 9.40. The zero-order valence-corrected chi connectivity index (χ0v) is 12.4. The molecule has 0 unspecified atom stereocenters. The second-order valence-electron chi connectivity index (χ2n) is 5.25. The highest BCUT2D eigenvalue weighted by molar-refractivity contribution is 5.07. The molecule has 0 bridgehead atoms. The SMILES string of the molecule is CC(C)c1cccc(=O)[nH]1.CC(C)c1cccc(=O)[nH]1. The molecule has 0 saturated heterocycles. The van der Waals surface area contributed by atoms with Crippen molar-refractivity contribution in [3.8, 4) is 0 Å². The van der Waals surface area contributed by atoms with Gasteiger partial charge in [0.2, 0.25) is 11.1 Å². The van der Waals surface area contributed by atoms with E-state index in [4.69, 9.17) is 0 Å². The summed E-state index contributed by atoms with van der Waals surface area (Å²) in [5, 5.41) is 0. The van der Waals surface area contributed by atoms with E-state index in [0.717, 1.165) is 11.4 Å². The van der Waals surface area contributed by atoms with Gasteiger partial charge in [-0.25, -0.2) is 0 Å². The average Bonchev–Trinajstić information content (AvgIpc) is 2.39. The van der Waals surface area contributed by atoms with Gasteiger partial charge in [0, 0.05) is 23.5 Å². The topological polar surface area (TPSA) is 65.7 Å². The smallest absolute Gasteiger partial charge is 0.248 e. The maximum Gasteiger partial charge on any atom is 0.248 e. The number of aromatic amines is 2. The summed E-state index contributed by atoms with van der Waals surface area (Å²) in [7, 11) is 0. The van der Waals surface area contributed by atoms with Crippen LogP contribution in [0.25, 0.3) is 0 Å². The standard InChI is InChI=1S/2C8H11NO/c2*1-6(2)7-4-3-5-8(10)9-7/h2*3-6H,1-2H3,(H,9,10). The van der Waals surface area contributed by atoms with Gasteiger partial charge >= 0.3 is 0 Å². The van der Waals surface area contributed by atoms with Crippen molar-refractivity contribution in [2.75, 3.05) is 0 Å². The van der Waals surface area contributed by atoms with Crippen LogP contribution in [0.4, 0.5) is 0 Å². The fraction of sp³-hybridized carbons (Fsp3) is 0.375. The molecular formula is C16H22N2O2. The molecule has 0 fully saturated rings. The van der Waals surface area contributed by atoms with Crippen LogP contribution in [0.15, 0.2) is 46.0 Å². The molecule has 0 atom stereocenters. The van der Waals surface area contributed by atoms with E-state index in [1.165, 1.54) is 12.1 Å². The summed E-state index contributed by atoms with van der Waals surface area (Å²) in [6.45, 7) is 8.19. The van der Waals surface area contributed by atoms with Crippen LogP contribution < -0.4 is 11.1 Å². The fourth-order valence-corrected chi connectivity index (χ4v) is 1.60. The number of pyridine rings is 2. The maximum atomic E-state index is 10.7. The highest BCUT2D eigenvalue weighted by atomic mass is 16.1. The molecule has 2 aromatic heterocycles. The van der Waals surface area contributed by atoms with E-state index in [0.29, 0.717) is 11.8 Å². The molecule has 0 aromatic carbocycles. The van der Waals surface area contributed by atoms with E-state index in [2.05, 4.69) is 9.97 Å². The number of hydrogen-bond donors (Lipinski definition) is 2. The highest BCUT2D eigenvalue weighted by Gasteiger charge is 1.97. The first-order valence-corrected chi connectivity index (χ1v) is 6.78. The number of hydrogen-bond acceptors (Lipinski definition) is 2. The predicted octanol–water partition coefficient (Wildman–Crippen LogP) is 3.00. The van der Waals surface area contributed by atoms with Crippen molar-refractivity contribution in [1.29, 1.82) is 0 Å². The van der Waals surface area contributed by atoms with Gasteiger partial charge in [-0.15, -0.1) is 0 Å². The van der Waals surface area contributed by atoms with Gasteiger partial charge in [0.25, 0.3) is 0 Å². The Balaban J connectivity index is 0.000000200. The Morgan fingerprint density at radius 3 is 1.25 bits per heavy atom. The van der Waals surface area contributed by atoms with E-state index < -0.39 is 0 Å². The fourth-order valence-electron chi connectivity index (χ4n) is 1.60. The van der Waals surface area contributed by atoms with Gasteiger partial charge in [0.1, 0.15) is 0 Å². The second kappa shape index (κ2) is 7.48. The zero-order chi connectivity index (χ0) is 15.1. The molecule has 2 aromatic rings. The van der Waals surface area contributed by atoms with Crippen LogP contribution in [0, 0.1) is 0 Å². The van der Waals surface area contributed by atoms with Gasteiger partial charge in [-0.1, -0.05) is 39.8 Å². The Morgan fingerprint density at radius 1 is 0.700 bits per heavy atom. The summed E-state index contributed by atoms with van der Waals surface area (Å²) in [4.78, 5) is 27.0. The lowest BCUT2D eigenvalue weighted by Crippen LogP contribution is -2.06. The van der Waals surface area contributed by atoms with E-state index in [1.54, 1.807) is 12.1 Å². The van der Waals surface area contributed by atoms with Gasteiger partial charge in [0.15, 0.2) is 0 Å². The van der Waals surface area contributed by atoms with Crippen LogP contribution >= 0.6 is 0 Å². The lowest BCUT2D eigenvalue weighted by molar-refractivity contribution is 0.816. The van der Waals surface area contributed by atoms with Gasteiger partial charge < -0.3 is 9.97 Å². The minimum atomic E-state index is -0.0220. The molecule has 108 valence electrons. The van der Waals surface area contributed by atoms with E-state index in [1.807, 2.05) is 39.8 Å². The van der Waals surface area contributed by atoms with Crippen molar-refractivity contribution in [3.63, 3.8) is 0 Å². The molecule has 0 saturated carbocycles. The second-order valence-corrected chi connectivity index (χ2v) is 5.25. The first kappa shape index (κ1) is 16.0. The highest BCUT2D eigenvalue weighted by Crippen LogP contribution is 2.07. The molecule has 0 aliphatic rings. The van der Waals surface area contributed by atoms with Gasteiger partial charge in [-0.3, -0.25) is 9.59 Å². The first-order valence-electron chi connectivity index (χ1n) is 6.78. The Morgan fingerprint density at radius 2 is 1.05 bits per heavy atom. The van der Waals surface area contributed by atoms with Crippen molar-refractivity contribution >= 4 is 0 Å². The zero-order valence-electron chi connectivity index (χ0n) is 12.4. The predicted molar refractivity (Wildman–Crippen MR) is 82.3 cm³/mol. The molecule has 4 heteroatoms. The normalized spacial score (nSPS) is 10.3. The minimum Gasteiger partial charge on any atom is -0.326 e. The Bertz CT molecular complexity index is 581. The van der Waals surface area contributed by atoms with Crippen LogP contribution in [0.3, 0.4) is 0 Å². The molecule has 2 heterocycles. The minimum absolute atomic E-state index is 0.0220. The molecular weight excluding hydrogens is 252 g/mol. The van der Waals surface area contributed by atoms with Crippen LogP contribution in [0.2, 0.25) is 0 Å². The molecule has 4 nitrogen and oxygen atoms in total. The Kier molecular flexibility index (Phi) is 5.97. The van der Waals surface area contributed by atoms with Crippen LogP contribution in [-0.2, 0) is 0 Å². The van der Waals surface area contributed by atoms with Gasteiger partial charge in [-0.2, -0.15) is 0 Å². The molecule has 0 spiro atoms. The van der Waals surface area contributed by atoms with Crippen molar-refractivity contribution < 1.29 is 0 Å². The van der Waals surface area contributed by atoms with Gasteiger partial charge in [-0.05, 0) is 24.0 Å². The number of nitrogens with one attached hydrogen (secondary N) is 2. The third-order valence-electron chi connectivity index (χ3n) is 2.83. The van der Waals surface area contributed by atoms with Crippen molar-refractivity contribution in [1.82, 2.24) is 9.97 Å². The number of rotatable bonds is 2. The summed E-state index contributed by atoms with van der Waals surface area (Å²) in [5.74, 6) is 0.794. The largest absolute Gasteiger partial charge is 0.326 e. The van der Waals surface area contributed by atoms with E-state index in [9.17, 15) is 9.59 Å². The molecule has 20 heavy (non-hydrogen) atoms. The maximum absolute atomic E-state index is 10.7. The number of aromatic nitrogens is 2. The molecule has 2 N–H and O–H groups in total. The van der Waals surface area contributed by atoms with Crippen LogP contribution in [0.1, 0.15) is 50.9 Å². The van der Waals surface area contributed by atoms with Crippen molar-refractivity contribution in [2.24, 2.45) is 0 Å². The Labute approximate surface area is 118 Å². The Hall–Kier alpha value is -2.10. The molecule has 0 amide bonds. The van der Waals surface area contributed by atoms with E-state index in [-0.39, 0.29) is 11.1 Å². The number of H-pyrrole nitrogens is 2. The molecule has 0 radical (unpaired) electrons. The van der Waals surface area contributed by atoms with Crippen molar-refractivity contribution in [2.45, 2.75) is 39.5 Å². The summed E-state index contributed by atoms with van der Waals surface area (Å²) in [6, 6.07) is 10.4. The summed E-state index contributed by atoms with van der Waals surface area (Å²) in [6.07, 6.45) is 0. The lowest BCUT2D eigenvalue weighted by atomic mass is 10.1. The van der Waals surface area contributed by atoms with E-state index >= 15 is 0 Å². The quantitative estimate of drug-likeness (QED) is 0.884. The van der Waals surface area contributed by atoms with Gasteiger partial charge in [0.05, 0.1) is 0 Å². The lowest BCUT2D eigenvalue weighted by Gasteiger charge is -2.01. The van der Waals surface area contributed by atoms with Crippen molar-refractivity contribution in [3.05, 3.63) is 68.5 Å². The molecule has 0 aliphatic carbocycles. The third kappa shape index (κ3) is 5.26. The summed E-state index contributed by atoms with van der Waals surface area (Å²) in [5.41, 5.74) is 1.94. The molecule has 0 aliphatic heterocycles. The summed E-state index contributed by atoms with van der Waals surface area (Å²) < 4.78 is 0. The van der Waals surface area contributed by atoms with Crippen LogP contribution in [-0.4, -0.2) is 9.97 Å². The summed E-state index contributed by atoms with van der Waals surface area (Å²) >= 11 is 0. The van der Waals surface area contributed by atoms with Crippen LogP contribution in [0.5, 0.6) is 0 Å². The third-order valence-corrected chi connectivity index (χ3v) is 2.83. The average molecular weight is 274 g/mol. The monoisotopic (exact) mass is 274 g/mol. The molecule has 2 rings (SSSR count).